The molecular weight excluding hydrogens is 755 g/mol. The maximum atomic E-state index is 9.70. The zero-order valence-corrected chi connectivity index (χ0v) is 37.2. The average molecular weight is 808 g/mol. The first kappa shape index (κ1) is 40.4. The molecule has 4 aromatic carbocycles. The number of aromatic amines is 2. The minimum Gasteiger partial charge on any atom is -0.354 e. The Kier molecular flexibility index (Phi) is 9.87. The highest BCUT2D eigenvalue weighted by molar-refractivity contribution is 6.00. The van der Waals surface area contributed by atoms with E-state index in [0.717, 1.165) is 89.4 Å². The van der Waals surface area contributed by atoms with E-state index in [1.807, 2.05) is 24.3 Å². The van der Waals surface area contributed by atoms with Gasteiger partial charge in [0.05, 0.1) is 34.4 Å². The van der Waals surface area contributed by atoms with Gasteiger partial charge in [0.15, 0.2) is 0 Å². The van der Waals surface area contributed by atoms with Gasteiger partial charge in [0, 0.05) is 44.3 Å². The fourth-order valence-corrected chi connectivity index (χ4v) is 8.54. The fraction of sp³-hybridized carbons (Fsp3) is 0.211. The summed E-state index contributed by atoms with van der Waals surface area (Å²) in [7, 11) is 0. The molecule has 7 aromatic rings. The molecule has 2 aliphatic heterocycles. The summed E-state index contributed by atoms with van der Waals surface area (Å²) in [6.45, 7) is 20.2. The summed E-state index contributed by atoms with van der Waals surface area (Å²) < 4.78 is 0. The topological polar surface area (TPSA) is 81.2 Å². The Hall–Kier alpha value is -7.03. The molecule has 2 aliphatic rings. The van der Waals surface area contributed by atoms with Crippen molar-refractivity contribution in [1.82, 2.24) is 19.9 Å². The molecule has 3 aromatic heterocycles. The maximum absolute atomic E-state index is 9.70. The van der Waals surface area contributed by atoms with E-state index in [0.29, 0.717) is 5.56 Å². The molecule has 5 heterocycles. The van der Waals surface area contributed by atoms with Crippen molar-refractivity contribution in [3.05, 3.63) is 166 Å². The molecule has 0 spiro atoms. The van der Waals surface area contributed by atoms with Gasteiger partial charge in [-0.25, -0.2) is 9.97 Å². The third-order valence-corrected chi connectivity index (χ3v) is 12.2. The zero-order chi connectivity index (χ0) is 43.6. The Balaban J connectivity index is 1.42. The molecule has 62 heavy (non-hydrogen) atoms. The van der Waals surface area contributed by atoms with Crippen molar-refractivity contribution in [2.45, 2.75) is 78.6 Å². The molecule has 5 nitrogen and oxygen atoms in total. The van der Waals surface area contributed by atoms with Gasteiger partial charge in [0.25, 0.3) is 0 Å². The summed E-state index contributed by atoms with van der Waals surface area (Å²) in [6.07, 6.45) is 8.55. The molecule has 5 heteroatoms. The van der Waals surface area contributed by atoms with Gasteiger partial charge in [-0.05, 0) is 116 Å². The summed E-state index contributed by atoms with van der Waals surface area (Å²) in [5, 5.41) is 9.70. The Bertz CT molecular complexity index is 3070. The molecule has 0 unspecified atom stereocenters. The van der Waals surface area contributed by atoms with Crippen molar-refractivity contribution in [2.75, 3.05) is 0 Å². The van der Waals surface area contributed by atoms with Crippen LogP contribution in [0.4, 0.5) is 0 Å². The van der Waals surface area contributed by atoms with Crippen molar-refractivity contribution >= 4 is 46.4 Å². The van der Waals surface area contributed by atoms with Gasteiger partial charge in [0.2, 0.25) is 0 Å². The number of nitrogens with zero attached hydrogens (tertiary/aromatic N) is 3. The SMILES string of the molecule is CC(C)(C)c1ccc(-c2c3nc(c(-c4ccc(C(C)(C)C)cc4)c4ccc([nH]4)c(-c4ccc(C(C)(C)C)cc4)c4nc(c(-c5ccc(C#N)cc5)c5ccc2[nH]5)C=C4)C=C3)cc1. The number of nitrogens with one attached hydrogen (secondary N) is 2. The average Bonchev–Trinajstić information content (AvgIpc) is 4.09. The smallest absolute Gasteiger partial charge is 0.0991 e. The van der Waals surface area contributed by atoms with Gasteiger partial charge in [-0.15, -0.1) is 0 Å². The molecule has 0 saturated heterocycles. The quantitative estimate of drug-likeness (QED) is 0.186. The molecule has 306 valence electrons. The van der Waals surface area contributed by atoms with Crippen molar-refractivity contribution in [3.63, 3.8) is 0 Å². The first-order chi connectivity index (χ1) is 29.5. The van der Waals surface area contributed by atoms with Gasteiger partial charge in [-0.2, -0.15) is 5.26 Å². The van der Waals surface area contributed by atoms with E-state index in [9.17, 15) is 5.26 Å². The van der Waals surface area contributed by atoms with Crippen LogP contribution in [0.2, 0.25) is 0 Å². The van der Waals surface area contributed by atoms with Crippen LogP contribution in [0, 0.1) is 11.3 Å². The lowest BCUT2D eigenvalue weighted by Gasteiger charge is -2.19. The Morgan fingerprint density at radius 2 is 0.597 bits per heavy atom. The number of hydrogen-bond donors (Lipinski definition) is 2. The van der Waals surface area contributed by atoms with Gasteiger partial charge in [-0.1, -0.05) is 147 Å². The van der Waals surface area contributed by atoms with Gasteiger partial charge < -0.3 is 9.97 Å². The molecule has 0 fully saturated rings. The molecular formula is C57H53N5. The Morgan fingerprint density at radius 1 is 0.355 bits per heavy atom. The van der Waals surface area contributed by atoms with Crippen LogP contribution in [0.3, 0.4) is 0 Å². The van der Waals surface area contributed by atoms with E-state index in [1.54, 1.807) is 0 Å². The first-order valence-electron chi connectivity index (χ1n) is 21.5. The summed E-state index contributed by atoms with van der Waals surface area (Å²) in [5.74, 6) is 0. The predicted molar refractivity (Wildman–Crippen MR) is 261 cm³/mol. The number of hydrogen-bond acceptors (Lipinski definition) is 3. The second kappa shape index (κ2) is 15.2. The number of fused-ring (bicyclic) bond motifs is 8. The van der Waals surface area contributed by atoms with Gasteiger partial charge in [0.1, 0.15) is 0 Å². The first-order valence-corrected chi connectivity index (χ1v) is 21.5. The van der Waals surface area contributed by atoms with E-state index < -0.39 is 0 Å². The van der Waals surface area contributed by atoms with Gasteiger partial charge in [-0.3, -0.25) is 0 Å². The predicted octanol–water partition coefficient (Wildman–Crippen LogP) is 15.1. The van der Waals surface area contributed by atoms with E-state index in [1.165, 1.54) is 16.7 Å². The van der Waals surface area contributed by atoms with E-state index in [2.05, 4.69) is 200 Å². The van der Waals surface area contributed by atoms with Crippen LogP contribution in [0.15, 0.2) is 121 Å². The Morgan fingerprint density at radius 3 is 0.823 bits per heavy atom. The standard InChI is InChI=1S/C57H53N5/c1-55(2,3)40-20-14-37(15-21-40)52-45-28-26-43(59-45)51(36-12-10-35(34-58)11-13-36)44-27-29-46(60-44)53(38-16-22-41(23-17-38)56(4,5)6)48-31-33-50(62-48)54(49-32-30-47(52)61-49)39-18-24-42(25-19-39)57(7,8)9/h10-33,59,62H,1-9H3. The van der Waals surface area contributed by atoms with E-state index >= 15 is 0 Å². The summed E-state index contributed by atoms with van der Waals surface area (Å²) >= 11 is 0. The molecule has 0 aliphatic carbocycles. The number of nitriles is 1. The van der Waals surface area contributed by atoms with Gasteiger partial charge >= 0.3 is 0 Å². The zero-order valence-electron chi connectivity index (χ0n) is 37.2. The summed E-state index contributed by atoms with van der Waals surface area (Å²) in [6, 6.07) is 45.5. The van der Waals surface area contributed by atoms with E-state index in [-0.39, 0.29) is 16.2 Å². The monoisotopic (exact) mass is 807 g/mol. The number of aromatic nitrogens is 4. The van der Waals surface area contributed by atoms with Crippen LogP contribution in [0.1, 0.15) is 107 Å². The van der Waals surface area contributed by atoms with Crippen LogP contribution in [-0.4, -0.2) is 19.9 Å². The maximum Gasteiger partial charge on any atom is 0.0991 e. The Labute approximate surface area is 365 Å². The second-order valence-electron chi connectivity index (χ2n) is 19.7. The minimum atomic E-state index is 0.0137. The third kappa shape index (κ3) is 7.63. The number of benzene rings is 4. The van der Waals surface area contributed by atoms with Crippen LogP contribution in [-0.2, 0) is 16.2 Å². The largest absolute Gasteiger partial charge is 0.354 e. The highest BCUT2D eigenvalue weighted by atomic mass is 14.8. The molecule has 0 radical (unpaired) electrons. The van der Waals surface area contributed by atoms with Crippen molar-refractivity contribution in [3.8, 4) is 50.6 Å². The van der Waals surface area contributed by atoms with Crippen LogP contribution in [0.5, 0.6) is 0 Å². The van der Waals surface area contributed by atoms with Crippen LogP contribution < -0.4 is 0 Å². The molecule has 2 N–H and O–H groups in total. The number of rotatable bonds is 4. The van der Waals surface area contributed by atoms with Crippen LogP contribution in [0.25, 0.3) is 90.9 Å². The van der Waals surface area contributed by atoms with Crippen molar-refractivity contribution in [2.24, 2.45) is 0 Å². The lowest BCUT2D eigenvalue weighted by molar-refractivity contribution is 0.590. The molecule has 8 bridgehead atoms. The fourth-order valence-electron chi connectivity index (χ4n) is 8.54. The summed E-state index contributed by atoms with van der Waals surface area (Å²) in [4.78, 5) is 18.7. The van der Waals surface area contributed by atoms with Crippen molar-refractivity contribution in [1.29, 1.82) is 5.26 Å². The van der Waals surface area contributed by atoms with Crippen molar-refractivity contribution < 1.29 is 0 Å². The van der Waals surface area contributed by atoms with E-state index in [4.69, 9.17) is 9.97 Å². The lowest BCUT2D eigenvalue weighted by Crippen LogP contribution is -2.10. The molecule has 0 atom stereocenters. The van der Waals surface area contributed by atoms with Crippen LogP contribution >= 0.6 is 0 Å². The normalized spacial score (nSPS) is 12.8. The molecule has 0 saturated carbocycles. The second-order valence-corrected chi connectivity index (χ2v) is 19.7. The summed E-state index contributed by atoms with van der Waals surface area (Å²) in [5.41, 5.74) is 19.9. The highest BCUT2D eigenvalue weighted by Gasteiger charge is 2.22. The molecule has 0 amide bonds. The highest BCUT2D eigenvalue weighted by Crippen LogP contribution is 2.40. The lowest BCUT2D eigenvalue weighted by atomic mass is 9.86. The third-order valence-electron chi connectivity index (χ3n) is 12.2. The molecule has 9 rings (SSSR count). The number of H-pyrrole nitrogens is 2. The minimum absolute atomic E-state index is 0.0137.